The normalized spacial score (nSPS) is 20.9. The van der Waals surface area contributed by atoms with Crippen LogP contribution in [0.15, 0.2) is 0 Å². The van der Waals surface area contributed by atoms with Crippen LogP contribution in [0.25, 0.3) is 0 Å². The van der Waals surface area contributed by atoms with E-state index in [1.165, 1.54) is 12.8 Å². The van der Waals surface area contributed by atoms with Gasteiger partial charge in [0.05, 0.1) is 13.2 Å². The van der Waals surface area contributed by atoms with Crippen molar-refractivity contribution < 1.29 is 9.53 Å². The van der Waals surface area contributed by atoms with E-state index in [1.54, 1.807) is 0 Å². The van der Waals surface area contributed by atoms with Crippen molar-refractivity contribution in [1.82, 2.24) is 9.80 Å². The van der Waals surface area contributed by atoms with Gasteiger partial charge in [0.25, 0.3) is 0 Å². The largest absolute Gasteiger partial charge is 0.378 e. The van der Waals surface area contributed by atoms with E-state index in [2.05, 4.69) is 6.92 Å². The van der Waals surface area contributed by atoms with Crippen molar-refractivity contribution in [3.8, 4) is 0 Å². The molecule has 1 aliphatic heterocycles. The molecule has 0 radical (unpaired) electrons. The molecule has 1 heterocycles. The maximum absolute atomic E-state index is 12.2. The summed E-state index contributed by atoms with van der Waals surface area (Å²) in [6.45, 7) is 6.88. The molecule has 2 fully saturated rings. The van der Waals surface area contributed by atoms with Gasteiger partial charge in [0.1, 0.15) is 0 Å². The molecular weight excluding hydrogens is 204 g/mol. The van der Waals surface area contributed by atoms with Crippen LogP contribution in [-0.2, 0) is 4.74 Å². The van der Waals surface area contributed by atoms with Crippen molar-refractivity contribution in [2.24, 2.45) is 5.92 Å². The van der Waals surface area contributed by atoms with Crippen LogP contribution in [-0.4, -0.2) is 55.2 Å². The average Bonchev–Trinajstić information content (AvgIpc) is 3.13. The fourth-order valence-corrected chi connectivity index (χ4v) is 2.10. The van der Waals surface area contributed by atoms with Gasteiger partial charge in [-0.15, -0.1) is 0 Å². The van der Waals surface area contributed by atoms with Gasteiger partial charge >= 0.3 is 6.03 Å². The van der Waals surface area contributed by atoms with E-state index < -0.39 is 0 Å². The third-order valence-electron chi connectivity index (χ3n) is 3.22. The summed E-state index contributed by atoms with van der Waals surface area (Å²) in [7, 11) is 0. The summed E-state index contributed by atoms with van der Waals surface area (Å²) in [6, 6.07) is 0.219. The van der Waals surface area contributed by atoms with Crippen LogP contribution in [0, 0.1) is 5.92 Å². The SMILES string of the molecule is CCCN(CC1CC1)C(=O)N1CCOCC1. The zero-order valence-electron chi connectivity index (χ0n) is 10.2. The van der Waals surface area contributed by atoms with E-state index in [0.717, 1.165) is 38.5 Å². The average molecular weight is 226 g/mol. The fourth-order valence-electron chi connectivity index (χ4n) is 2.10. The molecule has 4 nitrogen and oxygen atoms in total. The Morgan fingerprint density at radius 1 is 1.38 bits per heavy atom. The molecule has 1 saturated carbocycles. The number of nitrogens with zero attached hydrogens (tertiary/aromatic N) is 2. The summed E-state index contributed by atoms with van der Waals surface area (Å²) in [5, 5.41) is 0. The Hall–Kier alpha value is -0.770. The first-order valence-electron chi connectivity index (χ1n) is 6.43. The quantitative estimate of drug-likeness (QED) is 0.729. The van der Waals surface area contributed by atoms with Gasteiger partial charge in [-0.1, -0.05) is 6.92 Å². The molecule has 2 aliphatic rings. The van der Waals surface area contributed by atoms with Crippen molar-refractivity contribution in [2.75, 3.05) is 39.4 Å². The lowest BCUT2D eigenvalue weighted by atomic mass is 10.3. The first kappa shape index (κ1) is 11.7. The maximum Gasteiger partial charge on any atom is 0.320 e. The third kappa shape index (κ3) is 3.11. The topological polar surface area (TPSA) is 32.8 Å². The Morgan fingerprint density at radius 3 is 2.62 bits per heavy atom. The number of urea groups is 1. The monoisotopic (exact) mass is 226 g/mol. The van der Waals surface area contributed by atoms with Gasteiger partial charge in [0.15, 0.2) is 0 Å². The number of carbonyl (C=O) groups is 1. The smallest absolute Gasteiger partial charge is 0.320 e. The molecule has 2 rings (SSSR count). The van der Waals surface area contributed by atoms with E-state index in [4.69, 9.17) is 4.74 Å². The van der Waals surface area contributed by atoms with Crippen molar-refractivity contribution in [3.63, 3.8) is 0 Å². The van der Waals surface area contributed by atoms with E-state index in [1.807, 2.05) is 9.80 Å². The molecule has 0 unspecified atom stereocenters. The van der Waals surface area contributed by atoms with E-state index in [9.17, 15) is 4.79 Å². The molecule has 0 bridgehead atoms. The van der Waals surface area contributed by atoms with E-state index in [-0.39, 0.29) is 6.03 Å². The molecule has 4 heteroatoms. The number of carbonyl (C=O) groups excluding carboxylic acids is 1. The molecule has 1 saturated heterocycles. The second kappa shape index (κ2) is 5.53. The lowest BCUT2D eigenvalue weighted by Gasteiger charge is -2.33. The zero-order chi connectivity index (χ0) is 11.4. The molecule has 0 aromatic heterocycles. The molecule has 92 valence electrons. The number of morpholine rings is 1. The first-order valence-corrected chi connectivity index (χ1v) is 6.43. The van der Waals surface area contributed by atoms with Gasteiger partial charge in [-0.3, -0.25) is 0 Å². The molecule has 0 atom stereocenters. The third-order valence-corrected chi connectivity index (χ3v) is 3.22. The zero-order valence-corrected chi connectivity index (χ0v) is 10.2. The first-order chi connectivity index (χ1) is 7.81. The molecular formula is C12H22N2O2. The van der Waals surface area contributed by atoms with E-state index >= 15 is 0 Å². The minimum Gasteiger partial charge on any atom is -0.378 e. The number of rotatable bonds is 4. The maximum atomic E-state index is 12.2. The second-order valence-corrected chi connectivity index (χ2v) is 4.77. The molecule has 16 heavy (non-hydrogen) atoms. The highest BCUT2D eigenvalue weighted by atomic mass is 16.5. The Kier molecular flexibility index (Phi) is 4.04. The Balaban J connectivity index is 1.86. The van der Waals surface area contributed by atoms with Crippen molar-refractivity contribution in [2.45, 2.75) is 26.2 Å². The van der Waals surface area contributed by atoms with Crippen LogP contribution in [0.2, 0.25) is 0 Å². The van der Waals surface area contributed by atoms with Crippen LogP contribution in [0.5, 0.6) is 0 Å². The van der Waals surface area contributed by atoms with Crippen LogP contribution in [0.4, 0.5) is 4.79 Å². The second-order valence-electron chi connectivity index (χ2n) is 4.77. The van der Waals surface area contributed by atoms with Crippen LogP contribution in [0.1, 0.15) is 26.2 Å². The van der Waals surface area contributed by atoms with Crippen molar-refractivity contribution >= 4 is 6.03 Å². The summed E-state index contributed by atoms with van der Waals surface area (Å²) in [6.07, 6.45) is 3.65. The number of ether oxygens (including phenoxy) is 1. The van der Waals surface area contributed by atoms with Gasteiger partial charge < -0.3 is 14.5 Å². The highest BCUT2D eigenvalue weighted by Gasteiger charge is 2.29. The summed E-state index contributed by atoms with van der Waals surface area (Å²) >= 11 is 0. The predicted molar refractivity (Wildman–Crippen MR) is 62.4 cm³/mol. The Morgan fingerprint density at radius 2 is 2.06 bits per heavy atom. The highest BCUT2D eigenvalue weighted by molar-refractivity contribution is 5.74. The molecule has 0 aromatic carbocycles. The van der Waals surface area contributed by atoms with Crippen molar-refractivity contribution in [3.05, 3.63) is 0 Å². The molecule has 1 aliphatic carbocycles. The standard InChI is InChI=1S/C12H22N2O2/c1-2-5-14(10-11-3-4-11)12(15)13-6-8-16-9-7-13/h11H,2-10H2,1H3. The minimum atomic E-state index is 0.219. The predicted octanol–water partition coefficient (Wildman–Crippen LogP) is 1.56. The minimum absolute atomic E-state index is 0.219. The lowest BCUT2D eigenvalue weighted by molar-refractivity contribution is 0.0429. The van der Waals surface area contributed by atoms with Gasteiger partial charge in [0.2, 0.25) is 0 Å². The number of amides is 2. The number of hydrogen-bond donors (Lipinski definition) is 0. The van der Waals surface area contributed by atoms with Gasteiger partial charge in [0, 0.05) is 26.2 Å². The summed E-state index contributed by atoms with van der Waals surface area (Å²) in [4.78, 5) is 16.2. The Labute approximate surface area is 97.5 Å². The highest BCUT2D eigenvalue weighted by Crippen LogP contribution is 2.30. The van der Waals surface area contributed by atoms with Crippen LogP contribution < -0.4 is 0 Å². The van der Waals surface area contributed by atoms with Gasteiger partial charge in [-0.25, -0.2) is 4.79 Å². The molecule has 2 amide bonds. The van der Waals surface area contributed by atoms with Gasteiger partial charge in [-0.05, 0) is 25.2 Å². The van der Waals surface area contributed by atoms with Gasteiger partial charge in [-0.2, -0.15) is 0 Å². The van der Waals surface area contributed by atoms with Crippen molar-refractivity contribution in [1.29, 1.82) is 0 Å². The van der Waals surface area contributed by atoms with Crippen LogP contribution in [0.3, 0.4) is 0 Å². The summed E-state index contributed by atoms with van der Waals surface area (Å²) in [5.41, 5.74) is 0. The summed E-state index contributed by atoms with van der Waals surface area (Å²) < 4.78 is 5.27. The van der Waals surface area contributed by atoms with E-state index in [0.29, 0.717) is 13.2 Å². The summed E-state index contributed by atoms with van der Waals surface area (Å²) in [5.74, 6) is 0.775. The molecule has 0 N–H and O–H groups in total. The number of hydrogen-bond acceptors (Lipinski definition) is 2. The lowest BCUT2D eigenvalue weighted by Crippen LogP contribution is -2.48. The fraction of sp³-hybridized carbons (Fsp3) is 0.917. The van der Waals surface area contributed by atoms with Crippen LogP contribution >= 0.6 is 0 Å². The molecule has 0 spiro atoms. The molecule has 0 aromatic rings. The Bertz CT molecular complexity index is 235.